The minimum absolute atomic E-state index is 0.0982. The van der Waals surface area contributed by atoms with Gasteiger partial charge < -0.3 is 15.0 Å². The van der Waals surface area contributed by atoms with Gasteiger partial charge in [0.25, 0.3) is 0 Å². The molecule has 0 unspecified atom stereocenters. The van der Waals surface area contributed by atoms with Gasteiger partial charge in [-0.05, 0) is 36.8 Å². The van der Waals surface area contributed by atoms with E-state index in [-0.39, 0.29) is 5.11 Å². The monoisotopic (exact) mass is 337 g/mol. The summed E-state index contributed by atoms with van der Waals surface area (Å²) >= 11 is 10.7. The molecule has 0 fully saturated rings. The fourth-order valence-corrected chi connectivity index (χ4v) is 2.00. The molecule has 2 aromatic rings. The molecule has 0 saturated carbocycles. The molecule has 1 aromatic heterocycles. The molecule has 0 amide bonds. The Hall–Kier alpha value is -2.12. The Bertz CT molecular complexity index is 645. The number of hydrogen-bond donors (Lipinski definition) is 2. The molecule has 116 valence electrons. The zero-order valence-electron chi connectivity index (χ0n) is 11.8. The van der Waals surface area contributed by atoms with Crippen molar-refractivity contribution in [2.24, 2.45) is 10.8 Å². The van der Waals surface area contributed by atoms with Crippen molar-refractivity contribution in [3.05, 3.63) is 47.5 Å². The lowest BCUT2D eigenvalue weighted by molar-refractivity contribution is 0.301. The van der Waals surface area contributed by atoms with Gasteiger partial charge in [-0.25, -0.2) is 4.98 Å². The van der Waals surface area contributed by atoms with E-state index >= 15 is 0 Å². The highest BCUT2D eigenvalue weighted by Gasteiger charge is 2.03. The van der Waals surface area contributed by atoms with Crippen LogP contribution < -0.4 is 15.9 Å². The molecule has 0 spiro atoms. The number of rotatable bonds is 7. The molecule has 3 N–H and O–H groups in total. The maximum Gasteiger partial charge on any atom is 0.184 e. The normalized spacial score (nSPS) is 10.8. The van der Waals surface area contributed by atoms with Gasteiger partial charge in [0, 0.05) is 29.5 Å². The van der Waals surface area contributed by atoms with E-state index in [2.05, 4.69) is 27.7 Å². The summed E-state index contributed by atoms with van der Waals surface area (Å²) in [7, 11) is 0. The molecule has 6 nitrogen and oxygen atoms in total. The first-order chi connectivity index (χ1) is 10.6. The molecule has 1 aromatic carbocycles. The second kappa shape index (κ2) is 8.35. The van der Waals surface area contributed by atoms with Gasteiger partial charge in [-0.2, -0.15) is 5.10 Å². The number of hydrogen-bond acceptors (Lipinski definition) is 4. The van der Waals surface area contributed by atoms with Crippen LogP contribution in [0.1, 0.15) is 12.0 Å². The number of ether oxygens (including phenoxy) is 1. The average Bonchev–Trinajstić information content (AvgIpc) is 2.98. The average molecular weight is 338 g/mol. The zero-order chi connectivity index (χ0) is 15.8. The van der Waals surface area contributed by atoms with Crippen molar-refractivity contribution in [3.63, 3.8) is 0 Å². The minimum atomic E-state index is 0.0982. The largest absolute Gasteiger partial charge is 0.493 e. The Morgan fingerprint density at radius 2 is 2.41 bits per heavy atom. The number of nitrogens with one attached hydrogen (secondary N) is 1. The van der Waals surface area contributed by atoms with E-state index in [1.54, 1.807) is 30.9 Å². The number of benzene rings is 1. The van der Waals surface area contributed by atoms with Crippen LogP contribution in [-0.4, -0.2) is 27.5 Å². The second-order valence-corrected chi connectivity index (χ2v) is 5.30. The predicted molar refractivity (Wildman–Crippen MR) is 91.3 cm³/mol. The maximum absolute atomic E-state index is 5.99. The Kier molecular flexibility index (Phi) is 6.17. The number of thiocarbonyl (C=S) groups is 1. The van der Waals surface area contributed by atoms with Crippen LogP contribution in [0.2, 0.25) is 5.02 Å². The fourth-order valence-electron chi connectivity index (χ4n) is 1.77. The highest BCUT2D eigenvalue weighted by atomic mass is 35.5. The Morgan fingerprint density at radius 3 is 3.14 bits per heavy atom. The maximum atomic E-state index is 5.99. The van der Waals surface area contributed by atoms with Crippen LogP contribution in [-0.2, 0) is 6.54 Å². The molecule has 0 aliphatic heterocycles. The van der Waals surface area contributed by atoms with Gasteiger partial charge in [0.1, 0.15) is 5.75 Å². The number of nitrogens with zero attached hydrogens (tertiary/aromatic N) is 3. The molecule has 0 saturated heterocycles. The lowest BCUT2D eigenvalue weighted by atomic mass is 10.2. The Morgan fingerprint density at radius 1 is 1.55 bits per heavy atom. The van der Waals surface area contributed by atoms with Gasteiger partial charge >= 0.3 is 0 Å². The third-order valence-corrected chi connectivity index (χ3v) is 3.05. The van der Waals surface area contributed by atoms with Gasteiger partial charge in [-0.15, -0.1) is 0 Å². The molecular weight excluding hydrogens is 322 g/mol. The first-order valence-corrected chi connectivity index (χ1v) is 7.40. The molecule has 0 radical (unpaired) electrons. The summed E-state index contributed by atoms with van der Waals surface area (Å²) < 4.78 is 7.77. The van der Waals surface area contributed by atoms with Crippen molar-refractivity contribution in [2.45, 2.75) is 13.0 Å². The molecule has 0 bridgehead atoms. The first-order valence-electron chi connectivity index (χ1n) is 6.62. The van der Waals surface area contributed by atoms with E-state index in [0.717, 1.165) is 18.5 Å². The van der Waals surface area contributed by atoms with E-state index in [1.165, 1.54) is 0 Å². The molecule has 1 heterocycles. The van der Waals surface area contributed by atoms with Crippen LogP contribution in [0, 0.1) is 0 Å². The highest BCUT2D eigenvalue weighted by molar-refractivity contribution is 7.80. The molecule has 0 atom stereocenters. The second-order valence-electron chi connectivity index (χ2n) is 4.42. The number of aromatic nitrogens is 2. The topological polar surface area (TPSA) is 77.5 Å². The fraction of sp³-hybridized carbons (Fsp3) is 0.214. The minimum Gasteiger partial charge on any atom is -0.493 e. The predicted octanol–water partition coefficient (Wildman–Crippen LogP) is 2.17. The van der Waals surface area contributed by atoms with Crippen LogP contribution in [0.5, 0.6) is 5.75 Å². The summed E-state index contributed by atoms with van der Waals surface area (Å²) in [5.41, 5.74) is 8.56. The Labute approximate surface area is 138 Å². The van der Waals surface area contributed by atoms with Crippen LogP contribution in [0.25, 0.3) is 0 Å². The van der Waals surface area contributed by atoms with E-state index in [1.807, 2.05) is 16.8 Å². The molecule has 0 aliphatic carbocycles. The van der Waals surface area contributed by atoms with E-state index in [4.69, 9.17) is 22.1 Å². The van der Waals surface area contributed by atoms with E-state index in [9.17, 15) is 0 Å². The SMILES string of the molecule is NC(=S)NN=Cc1cc(Cl)ccc1OCCCn1ccnc1. The van der Waals surface area contributed by atoms with E-state index < -0.39 is 0 Å². The van der Waals surface area contributed by atoms with Crippen molar-refractivity contribution < 1.29 is 4.74 Å². The third kappa shape index (κ3) is 5.34. The number of aryl methyl sites for hydroxylation is 1. The molecular formula is C14H16ClN5OS. The van der Waals surface area contributed by atoms with Crippen LogP contribution >= 0.6 is 23.8 Å². The Balaban J connectivity index is 1.91. The van der Waals surface area contributed by atoms with Crippen LogP contribution in [0.4, 0.5) is 0 Å². The summed E-state index contributed by atoms with van der Waals surface area (Å²) in [4.78, 5) is 3.99. The van der Waals surface area contributed by atoms with Crippen molar-refractivity contribution >= 4 is 35.1 Å². The van der Waals surface area contributed by atoms with Crippen LogP contribution in [0.3, 0.4) is 0 Å². The summed E-state index contributed by atoms with van der Waals surface area (Å²) in [6, 6.07) is 5.34. The van der Waals surface area contributed by atoms with Gasteiger partial charge in [0.2, 0.25) is 0 Å². The van der Waals surface area contributed by atoms with Gasteiger partial charge in [-0.1, -0.05) is 11.6 Å². The standard InChI is InChI=1S/C14H16ClN5OS/c15-12-2-3-13(11(8-12)9-18-19-14(16)22)21-7-1-5-20-6-4-17-10-20/h2-4,6,8-10H,1,5,7H2,(H3,16,19,22). The quantitative estimate of drug-likeness (QED) is 0.350. The number of hydrazone groups is 1. The van der Waals surface area contributed by atoms with Gasteiger partial charge in [0.05, 0.1) is 19.1 Å². The molecule has 2 rings (SSSR count). The first kappa shape index (κ1) is 16.3. The van der Waals surface area contributed by atoms with Crippen molar-refractivity contribution in [2.75, 3.05) is 6.61 Å². The summed E-state index contributed by atoms with van der Waals surface area (Å²) in [5.74, 6) is 0.698. The van der Waals surface area contributed by atoms with E-state index in [0.29, 0.717) is 17.4 Å². The van der Waals surface area contributed by atoms with Crippen molar-refractivity contribution in [1.29, 1.82) is 0 Å². The smallest absolute Gasteiger partial charge is 0.184 e. The zero-order valence-corrected chi connectivity index (χ0v) is 13.3. The van der Waals surface area contributed by atoms with Crippen LogP contribution in [0.15, 0.2) is 42.0 Å². The lowest BCUT2D eigenvalue weighted by Crippen LogP contribution is -2.24. The molecule has 22 heavy (non-hydrogen) atoms. The number of halogens is 1. The number of nitrogens with two attached hydrogens (primary N) is 1. The van der Waals surface area contributed by atoms with Crippen molar-refractivity contribution in [1.82, 2.24) is 15.0 Å². The van der Waals surface area contributed by atoms with Crippen molar-refractivity contribution in [3.8, 4) is 5.75 Å². The third-order valence-electron chi connectivity index (χ3n) is 2.73. The summed E-state index contributed by atoms with van der Waals surface area (Å²) in [6.45, 7) is 1.42. The molecule has 8 heteroatoms. The number of imidazole rings is 1. The summed E-state index contributed by atoms with van der Waals surface area (Å²) in [5, 5.41) is 4.62. The molecule has 0 aliphatic rings. The lowest BCUT2D eigenvalue weighted by Gasteiger charge is -2.09. The van der Waals surface area contributed by atoms with Gasteiger partial charge in [-0.3, -0.25) is 5.43 Å². The summed E-state index contributed by atoms with van der Waals surface area (Å²) in [6.07, 6.45) is 7.88. The van der Waals surface area contributed by atoms with Gasteiger partial charge in [0.15, 0.2) is 5.11 Å². The highest BCUT2D eigenvalue weighted by Crippen LogP contribution is 2.21.